The van der Waals surface area contributed by atoms with Crippen molar-refractivity contribution in [2.24, 2.45) is 35.0 Å². The fraction of sp³-hybridized carbons (Fsp3) is 0.867. The van der Waals surface area contributed by atoms with Gasteiger partial charge in [-0.25, -0.2) is 0 Å². The SMILES string of the molecule is C=C1CC[C@H]2[C@H]3C1[C@@]2(C)CC[C@H]3C(C)C. The van der Waals surface area contributed by atoms with Crippen LogP contribution < -0.4 is 0 Å². The highest BCUT2D eigenvalue weighted by atomic mass is 14.7. The summed E-state index contributed by atoms with van der Waals surface area (Å²) in [6.07, 6.45) is 5.73. The number of fused-ring (bicyclic) bond motifs is 2. The van der Waals surface area contributed by atoms with Crippen molar-refractivity contribution in [1.29, 1.82) is 0 Å². The minimum absolute atomic E-state index is 0.672. The molecule has 0 heteroatoms. The molecule has 0 radical (unpaired) electrons. The van der Waals surface area contributed by atoms with Crippen LogP contribution in [0.2, 0.25) is 0 Å². The zero-order valence-corrected chi connectivity index (χ0v) is 10.4. The minimum atomic E-state index is 0.672. The average molecular weight is 204 g/mol. The molecule has 0 aromatic rings. The molecular formula is C15H24. The molecule has 0 aliphatic heterocycles. The molecule has 0 N–H and O–H groups in total. The Morgan fingerprint density at radius 1 is 1.33 bits per heavy atom. The molecule has 0 spiro atoms. The van der Waals surface area contributed by atoms with E-state index >= 15 is 0 Å². The molecule has 4 saturated carbocycles. The maximum Gasteiger partial charge on any atom is -0.0115 e. The third kappa shape index (κ3) is 1.04. The number of rotatable bonds is 1. The van der Waals surface area contributed by atoms with E-state index in [4.69, 9.17) is 0 Å². The molecule has 4 fully saturated rings. The summed E-state index contributed by atoms with van der Waals surface area (Å²) in [7, 11) is 0. The van der Waals surface area contributed by atoms with Gasteiger partial charge in [0.2, 0.25) is 0 Å². The highest BCUT2D eigenvalue weighted by Gasteiger charge is 2.65. The van der Waals surface area contributed by atoms with Gasteiger partial charge in [0.05, 0.1) is 0 Å². The van der Waals surface area contributed by atoms with E-state index in [-0.39, 0.29) is 0 Å². The summed E-state index contributed by atoms with van der Waals surface area (Å²) in [6, 6.07) is 0. The Morgan fingerprint density at radius 2 is 2.07 bits per heavy atom. The van der Waals surface area contributed by atoms with E-state index in [1.807, 2.05) is 0 Å². The minimum Gasteiger partial charge on any atom is -0.0995 e. The van der Waals surface area contributed by atoms with Crippen molar-refractivity contribution in [3.63, 3.8) is 0 Å². The molecule has 0 amide bonds. The van der Waals surface area contributed by atoms with Gasteiger partial charge >= 0.3 is 0 Å². The summed E-state index contributed by atoms with van der Waals surface area (Å²) in [6.45, 7) is 11.7. The molecule has 84 valence electrons. The van der Waals surface area contributed by atoms with Crippen LogP contribution in [-0.4, -0.2) is 0 Å². The van der Waals surface area contributed by atoms with E-state index in [0.29, 0.717) is 5.41 Å². The molecule has 0 aromatic carbocycles. The average Bonchev–Trinajstić information content (AvgIpc) is 2.17. The Morgan fingerprint density at radius 3 is 2.67 bits per heavy atom. The van der Waals surface area contributed by atoms with Crippen LogP contribution in [0.15, 0.2) is 12.2 Å². The molecule has 4 rings (SSSR count). The van der Waals surface area contributed by atoms with E-state index in [2.05, 4.69) is 27.4 Å². The van der Waals surface area contributed by atoms with Crippen LogP contribution in [0.3, 0.4) is 0 Å². The largest absolute Gasteiger partial charge is 0.0995 e. The van der Waals surface area contributed by atoms with Gasteiger partial charge in [-0.3, -0.25) is 0 Å². The van der Waals surface area contributed by atoms with Gasteiger partial charge in [0.15, 0.2) is 0 Å². The van der Waals surface area contributed by atoms with Crippen molar-refractivity contribution in [3.05, 3.63) is 12.2 Å². The molecule has 15 heavy (non-hydrogen) atoms. The maximum atomic E-state index is 4.35. The topological polar surface area (TPSA) is 0 Å². The highest BCUT2D eigenvalue weighted by molar-refractivity contribution is 5.26. The summed E-state index contributed by atoms with van der Waals surface area (Å²) >= 11 is 0. The zero-order chi connectivity index (χ0) is 10.8. The summed E-state index contributed by atoms with van der Waals surface area (Å²) < 4.78 is 0. The second-order valence-electron chi connectivity index (χ2n) is 6.81. The zero-order valence-electron chi connectivity index (χ0n) is 10.4. The standard InChI is InChI=1S/C15H24/c1-9(2)11-7-8-15(4)12-6-5-10(3)14(15)13(11)12/h9,11-14H,3,5-8H2,1-2,4H3/t11-,12-,13-,14?,15-/m0/s1. The molecule has 4 aliphatic carbocycles. The highest BCUT2D eigenvalue weighted by Crippen LogP contribution is 2.72. The van der Waals surface area contributed by atoms with Crippen molar-refractivity contribution in [1.82, 2.24) is 0 Å². The smallest absolute Gasteiger partial charge is 0.0115 e. The van der Waals surface area contributed by atoms with E-state index < -0.39 is 0 Å². The molecule has 1 unspecified atom stereocenters. The lowest BCUT2D eigenvalue weighted by Crippen LogP contribution is -2.64. The van der Waals surface area contributed by atoms with E-state index in [0.717, 1.165) is 29.6 Å². The Bertz CT molecular complexity index is 299. The van der Waals surface area contributed by atoms with Crippen molar-refractivity contribution < 1.29 is 0 Å². The first-order valence-corrected chi connectivity index (χ1v) is 6.73. The maximum absolute atomic E-state index is 4.35. The van der Waals surface area contributed by atoms with Crippen LogP contribution in [0.5, 0.6) is 0 Å². The Balaban J connectivity index is 1.93. The van der Waals surface area contributed by atoms with Crippen molar-refractivity contribution >= 4 is 0 Å². The third-order valence-electron chi connectivity index (χ3n) is 5.99. The Kier molecular flexibility index (Phi) is 1.92. The number of hydrogen-bond donors (Lipinski definition) is 0. The van der Waals surface area contributed by atoms with Gasteiger partial charge < -0.3 is 0 Å². The lowest BCUT2D eigenvalue weighted by molar-refractivity contribution is -0.194. The van der Waals surface area contributed by atoms with Gasteiger partial charge in [0, 0.05) is 0 Å². The predicted octanol–water partition coefficient (Wildman–Crippen LogP) is 4.27. The quantitative estimate of drug-likeness (QED) is 0.559. The van der Waals surface area contributed by atoms with E-state index in [1.165, 1.54) is 25.7 Å². The fourth-order valence-corrected chi connectivity index (χ4v) is 5.32. The van der Waals surface area contributed by atoms with Gasteiger partial charge in [-0.2, -0.15) is 0 Å². The third-order valence-corrected chi connectivity index (χ3v) is 5.99. The van der Waals surface area contributed by atoms with E-state index in [1.54, 1.807) is 5.57 Å². The first-order valence-electron chi connectivity index (χ1n) is 6.73. The molecule has 4 bridgehead atoms. The normalized spacial score (nSPS) is 52.9. The Hall–Kier alpha value is -0.260. The summed E-state index contributed by atoms with van der Waals surface area (Å²) in [4.78, 5) is 0. The van der Waals surface area contributed by atoms with Crippen molar-refractivity contribution in [3.8, 4) is 0 Å². The Labute approximate surface area is 94.1 Å². The first kappa shape index (κ1) is 9.93. The molecule has 5 atom stereocenters. The lowest BCUT2D eigenvalue weighted by atomic mass is 9.33. The second kappa shape index (κ2) is 2.90. The molecular weight excluding hydrogens is 180 g/mol. The first-order chi connectivity index (χ1) is 7.05. The van der Waals surface area contributed by atoms with Crippen LogP contribution in [0.4, 0.5) is 0 Å². The monoisotopic (exact) mass is 204 g/mol. The molecule has 0 aromatic heterocycles. The predicted molar refractivity (Wildman–Crippen MR) is 64.5 cm³/mol. The van der Waals surface area contributed by atoms with Gasteiger partial charge in [-0.15, -0.1) is 0 Å². The van der Waals surface area contributed by atoms with Gasteiger partial charge in [-0.1, -0.05) is 32.9 Å². The van der Waals surface area contributed by atoms with Crippen LogP contribution in [-0.2, 0) is 0 Å². The molecule has 0 heterocycles. The van der Waals surface area contributed by atoms with Gasteiger partial charge in [0.25, 0.3) is 0 Å². The molecule has 4 aliphatic rings. The molecule has 0 nitrogen and oxygen atoms in total. The summed E-state index contributed by atoms with van der Waals surface area (Å²) in [5.41, 5.74) is 2.26. The fourth-order valence-electron chi connectivity index (χ4n) is 5.32. The van der Waals surface area contributed by atoms with Crippen LogP contribution >= 0.6 is 0 Å². The van der Waals surface area contributed by atoms with Crippen LogP contribution in [0.25, 0.3) is 0 Å². The van der Waals surface area contributed by atoms with Gasteiger partial charge in [0.1, 0.15) is 0 Å². The molecule has 0 saturated heterocycles. The summed E-state index contributed by atoms with van der Waals surface area (Å²) in [5, 5.41) is 0. The van der Waals surface area contributed by atoms with E-state index in [9.17, 15) is 0 Å². The van der Waals surface area contributed by atoms with Crippen LogP contribution in [0.1, 0.15) is 46.5 Å². The number of hydrogen-bond acceptors (Lipinski definition) is 0. The van der Waals surface area contributed by atoms with Crippen molar-refractivity contribution in [2.75, 3.05) is 0 Å². The summed E-state index contributed by atoms with van der Waals surface area (Å²) in [5.74, 6) is 4.85. The van der Waals surface area contributed by atoms with Crippen molar-refractivity contribution in [2.45, 2.75) is 46.5 Å². The van der Waals surface area contributed by atoms with Crippen LogP contribution in [0, 0.1) is 35.0 Å². The number of allylic oxidation sites excluding steroid dienone is 1. The second-order valence-corrected chi connectivity index (χ2v) is 6.81. The van der Waals surface area contributed by atoms with Gasteiger partial charge in [-0.05, 0) is 60.7 Å². The lowest BCUT2D eigenvalue weighted by Gasteiger charge is -2.71.